The topological polar surface area (TPSA) is 203 Å². The van der Waals surface area contributed by atoms with E-state index in [4.69, 9.17) is 0 Å². The Morgan fingerprint density at radius 2 is 0.650 bits per heavy atom. The summed E-state index contributed by atoms with van der Waals surface area (Å²) in [7, 11) is -11.8. The predicted octanol–water partition coefficient (Wildman–Crippen LogP) is -4.95. The molecule has 3 aliphatic heterocycles. The molecule has 0 saturated carbocycles. The van der Waals surface area contributed by atoms with Crippen LogP contribution in [0.2, 0.25) is 0 Å². The summed E-state index contributed by atoms with van der Waals surface area (Å²) in [6.45, 7) is 0. The van der Waals surface area contributed by atoms with Crippen LogP contribution < -0.4 is 33.5 Å². The van der Waals surface area contributed by atoms with Gasteiger partial charge >= 0.3 is 59.4 Å². The van der Waals surface area contributed by atoms with Gasteiger partial charge in [-0.3, -0.25) is 13.7 Å². The average molecular weight is 403 g/mol. The Balaban J connectivity index is 0. The van der Waals surface area contributed by atoms with E-state index < -0.39 is 23.5 Å². The zero-order chi connectivity index (χ0) is 13.9. The van der Waals surface area contributed by atoms with Crippen LogP contribution in [0.25, 0.3) is 0 Å². The molecule has 3 aliphatic rings. The molecule has 3 fully saturated rings. The average Bonchev–Trinajstić information content (AvgIpc) is 2.13. The van der Waals surface area contributed by atoms with Gasteiger partial charge in [0.25, 0.3) is 0 Å². The molecule has 0 aliphatic carbocycles. The van der Waals surface area contributed by atoms with Gasteiger partial charge in [-0.15, -0.1) is 28.0 Å². The van der Waals surface area contributed by atoms with Gasteiger partial charge in [0.05, 0.1) is 0 Å². The summed E-state index contributed by atoms with van der Waals surface area (Å²) in [4.78, 5) is 28.6. The third kappa shape index (κ3) is 10.1. The zero-order valence-electron chi connectivity index (χ0n) is 8.77. The largest absolute Gasteiger partial charge is 2.00 e. The fraction of sp³-hybridized carbons (Fsp3) is 0. The smallest absolute Gasteiger partial charge is 0.753 e. The number of hydrogen-bond donors (Lipinski definition) is 0. The second-order valence-corrected chi connectivity index (χ2v) is 5.57. The quantitative estimate of drug-likeness (QED) is 0.211. The van der Waals surface area contributed by atoms with Crippen molar-refractivity contribution in [2.75, 3.05) is 0 Å². The first-order chi connectivity index (χ1) is 8.12. The van der Waals surface area contributed by atoms with Crippen LogP contribution in [0.5, 0.6) is 0 Å². The molecule has 3 saturated heterocycles. The molecule has 0 atom stereocenters. The van der Waals surface area contributed by atoms with Crippen molar-refractivity contribution >= 4 is 23.5 Å². The fourth-order valence-corrected chi connectivity index (χ4v) is 0.721. The normalized spacial score (nSPS) is 25.9. The van der Waals surface area contributed by atoms with Crippen molar-refractivity contribution in [2.45, 2.75) is 0 Å². The van der Waals surface area contributed by atoms with Gasteiger partial charge in [0, 0.05) is 0 Å². The molecule has 0 amide bonds. The van der Waals surface area contributed by atoms with Gasteiger partial charge in [-0.25, -0.2) is 0 Å². The maximum atomic E-state index is 9.55. The molecule has 20 heteroatoms. The number of phosphoric acid groups is 3. The first kappa shape index (κ1) is 23.6. The minimum absolute atomic E-state index is 0. The van der Waals surface area contributed by atoms with E-state index in [-0.39, 0.29) is 35.9 Å². The van der Waals surface area contributed by atoms with Crippen LogP contribution in [0, 0.1) is 0 Å². The van der Waals surface area contributed by atoms with Crippen molar-refractivity contribution in [3.8, 4) is 0 Å². The molecule has 3 heterocycles. The summed E-state index contributed by atoms with van der Waals surface area (Å²) in [5.41, 5.74) is 0. The van der Waals surface area contributed by atoms with Crippen molar-refractivity contribution < 1.29 is 107 Å². The molecule has 0 N–H and O–H groups in total. The van der Waals surface area contributed by atoms with E-state index in [1.54, 1.807) is 0 Å². The second-order valence-electron chi connectivity index (χ2n) is 1.99. The summed E-state index contributed by atoms with van der Waals surface area (Å²) >= 11 is 0. The minimum atomic E-state index is -3.94. The van der Waals surface area contributed by atoms with Crippen molar-refractivity contribution in [3.63, 3.8) is 0 Å². The van der Waals surface area contributed by atoms with Crippen LogP contribution in [0.1, 0.15) is 0 Å². The summed E-state index contributed by atoms with van der Waals surface area (Å²) in [6, 6.07) is 0. The van der Waals surface area contributed by atoms with E-state index in [2.05, 4.69) is 43.2 Å². The van der Waals surface area contributed by atoms with Crippen LogP contribution in [0.3, 0.4) is 0 Å². The molecule has 15 nitrogen and oxygen atoms in total. The van der Waals surface area contributed by atoms with Gasteiger partial charge in [-0.2, -0.15) is 0 Å². The molecule has 117 valence electrons. The summed E-state index contributed by atoms with van der Waals surface area (Å²) in [5.74, 6) is 0. The summed E-state index contributed by atoms with van der Waals surface area (Å²) in [6.07, 6.45) is 0. The van der Waals surface area contributed by atoms with Crippen molar-refractivity contribution in [1.82, 2.24) is 0 Å². The zero-order valence-corrected chi connectivity index (χ0v) is 12.4. The number of rotatable bonds is 0. The van der Waals surface area contributed by atoms with Gasteiger partial charge in [0.2, 0.25) is 0 Å². The van der Waals surface area contributed by atoms with Crippen molar-refractivity contribution in [1.29, 1.82) is 0 Å². The molecule has 0 aromatic heterocycles. The predicted molar refractivity (Wildman–Crippen MR) is 32.6 cm³/mol. The maximum absolute atomic E-state index is 9.55. The van der Waals surface area contributed by atoms with E-state index in [1.807, 2.05) is 0 Å². The van der Waals surface area contributed by atoms with Gasteiger partial charge in [-0.1, -0.05) is 15.1 Å². The first-order valence-electron chi connectivity index (χ1n) is 3.19. The number of hydrogen-bond acceptors (Lipinski definition) is 15. The van der Waals surface area contributed by atoms with Gasteiger partial charge < -0.3 is 14.7 Å². The Hall–Kier alpha value is 1.33. The molecule has 0 unspecified atom stereocenters. The fourth-order valence-electron chi connectivity index (χ4n) is 0.240. The van der Waals surface area contributed by atoms with Crippen molar-refractivity contribution in [2.24, 2.45) is 0 Å². The Labute approximate surface area is 131 Å². The van der Waals surface area contributed by atoms with Crippen molar-refractivity contribution in [3.05, 3.63) is 0 Å². The standard InChI is InChI=1S/Cu.Li.3HO5P/c;;3*1-6(2)4-3-5-6/h;;3*(H,1,2)/q+2;+1;;;/p-3. The van der Waals surface area contributed by atoms with Gasteiger partial charge in [-0.05, 0) is 0 Å². The molecular formula is CuLiO15P3. The summed E-state index contributed by atoms with van der Waals surface area (Å²) in [5, 5.41) is 10.1. The van der Waals surface area contributed by atoms with E-state index in [1.165, 1.54) is 0 Å². The first-order valence-corrected chi connectivity index (χ1v) is 7.57. The molecule has 20 heavy (non-hydrogen) atoms. The third-order valence-electron chi connectivity index (χ3n) is 0.730. The SMILES string of the molecule is O=P1([O-])OOO1.O=P1([O-])OOO1.O=P1([O-])OOO1.[Cu+2].[Li+]. The van der Waals surface area contributed by atoms with E-state index in [9.17, 15) is 28.4 Å². The maximum Gasteiger partial charge on any atom is 2.00 e. The van der Waals surface area contributed by atoms with Crippen LogP contribution in [0.15, 0.2) is 0 Å². The molecule has 3 rings (SSSR count). The molecular weight excluding hydrogens is 403 g/mol. The molecule has 0 spiro atoms. The molecule has 0 aromatic carbocycles. The van der Waals surface area contributed by atoms with Gasteiger partial charge in [0.1, 0.15) is 0 Å². The molecule has 1 radical (unpaired) electrons. The van der Waals surface area contributed by atoms with Crippen LogP contribution in [-0.4, -0.2) is 0 Å². The van der Waals surface area contributed by atoms with E-state index in [0.717, 1.165) is 0 Å². The Morgan fingerprint density at radius 3 is 0.650 bits per heavy atom. The molecule has 0 bridgehead atoms. The van der Waals surface area contributed by atoms with E-state index in [0.29, 0.717) is 0 Å². The Bertz CT molecular complexity index is 332. The Kier molecular flexibility index (Phi) is 11.2. The second kappa shape index (κ2) is 9.46. The minimum Gasteiger partial charge on any atom is -0.753 e. The van der Waals surface area contributed by atoms with E-state index >= 15 is 0 Å². The monoisotopic (exact) mass is 403 g/mol. The van der Waals surface area contributed by atoms with Gasteiger partial charge in [0.15, 0.2) is 0 Å². The third-order valence-corrected chi connectivity index (χ3v) is 2.19. The van der Waals surface area contributed by atoms with Crippen LogP contribution >= 0.6 is 23.5 Å². The Morgan fingerprint density at radius 1 is 0.550 bits per heavy atom. The van der Waals surface area contributed by atoms with Crippen LogP contribution in [-0.2, 0) is 73.9 Å². The summed E-state index contributed by atoms with van der Waals surface area (Å²) < 4.78 is 49.0. The molecule has 0 aromatic rings. The van der Waals surface area contributed by atoms with Crippen LogP contribution in [0.4, 0.5) is 0 Å².